The van der Waals surface area contributed by atoms with E-state index in [-0.39, 0.29) is 6.23 Å². The molecule has 0 saturated heterocycles. The Morgan fingerprint density at radius 2 is 2.50 bits per heavy atom. The van der Waals surface area contributed by atoms with Crippen LogP contribution in [0, 0.1) is 6.07 Å². The van der Waals surface area contributed by atoms with Gasteiger partial charge in [-0.1, -0.05) is 25.1 Å². The fraction of sp³-hybridized carbons (Fsp3) is 0.400. The number of nitrogens with two attached hydrogens (primary N) is 1. The molecule has 0 amide bonds. The Labute approximate surface area is 73.3 Å². The zero-order chi connectivity index (χ0) is 8.81. The summed E-state index contributed by atoms with van der Waals surface area (Å²) in [6.45, 7) is 2.76. The van der Waals surface area contributed by atoms with Gasteiger partial charge < -0.3 is 10.5 Å². The van der Waals surface area contributed by atoms with Crippen molar-refractivity contribution in [2.75, 3.05) is 6.61 Å². The van der Waals surface area contributed by atoms with Crippen molar-refractivity contribution in [2.24, 2.45) is 5.73 Å². The smallest absolute Gasteiger partial charge is 0.131 e. The molecule has 0 aliphatic rings. The van der Waals surface area contributed by atoms with Gasteiger partial charge in [0.25, 0.3) is 0 Å². The highest BCUT2D eigenvalue weighted by atomic mass is 16.5. The van der Waals surface area contributed by atoms with Gasteiger partial charge in [0, 0.05) is 6.61 Å². The third-order valence-electron chi connectivity index (χ3n) is 1.56. The summed E-state index contributed by atoms with van der Waals surface area (Å²) in [7, 11) is 0. The van der Waals surface area contributed by atoms with Crippen molar-refractivity contribution >= 4 is 0 Å². The molecule has 0 saturated carbocycles. The highest BCUT2D eigenvalue weighted by molar-refractivity contribution is 5.15. The van der Waals surface area contributed by atoms with E-state index in [0.717, 1.165) is 12.0 Å². The van der Waals surface area contributed by atoms with Gasteiger partial charge in [-0.2, -0.15) is 0 Å². The van der Waals surface area contributed by atoms with E-state index in [2.05, 4.69) is 13.0 Å². The molecule has 1 aromatic rings. The molecule has 2 nitrogen and oxygen atoms in total. The summed E-state index contributed by atoms with van der Waals surface area (Å²) >= 11 is 0. The van der Waals surface area contributed by atoms with Crippen molar-refractivity contribution in [2.45, 2.75) is 19.6 Å². The van der Waals surface area contributed by atoms with Crippen LogP contribution in [0.2, 0.25) is 0 Å². The van der Waals surface area contributed by atoms with Crippen LogP contribution in [-0.4, -0.2) is 6.61 Å². The van der Waals surface area contributed by atoms with Gasteiger partial charge in [-0.3, -0.25) is 0 Å². The highest BCUT2D eigenvalue weighted by Crippen LogP contribution is 2.10. The van der Waals surface area contributed by atoms with Crippen LogP contribution < -0.4 is 5.73 Å². The molecule has 0 bridgehead atoms. The average Bonchev–Trinajstić information content (AvgIpc) is 2.15. The fourth-order valence-electron chi connectivity index (χ4n) is 0.925. The molecule has 1 unspecified atom stereocenters. The first-order valence-corrected chi connectivity index (χ1v) is 4.17. The van der Waals surface area contributed by atoms with Crippen LogP contribution in [0.5, 0.6) is 0 Å². The largest absolute Gasteiger partial charge is 0.359 e. The molecule has 1 aromatic carbocycles. The Morgan fingerprint density at radius 3 is 3.08 bits per heavy atom. The normalized spacial score (nSPS) is 12.8. The number of ether oxygens (including phenoxy) is 1. The third-order valence-corrected chi connectivity index (χ3v) is 1.56. The highest BCUT2D eigenvalue weighted by Gasteiger charge is 2.02. The zero-order valence-electron chi connectivity index (χ0n) is 7.29. The summed E-state index contributed by atoms with van der Waals surface area (Å²) in [6.07, 6.45) is 0.687. The minimum absolute atomic E-state index is 0.303. The van der Waals surface area contributed by atoms with E-state index >= 15 is 0 Å². The third kappa shape index (κ3) is 2.64. The number of rotatable bonds is 4. The molecule has 1 radical (unpaired) electrons. The SMILES string of the molecule is CCCOC(N)c1c[c]ccc1. The van der Waals surface area contributed by atoms with Gasteiger partial charge in [0.1, 0.15) is 6.23 Å². The average molecular weight is 164 g/mol. The number of hydrogen-bond donors (Lipinski definition) is 1. The van der Waals surface area contributed by atoms with E-state index in [1.54, 1.807) is 0 Å². The fourth-order valence-corrected chi connectivity index (χ4v) is 0.925. The molecule has 1 rings (SSSR count). The van der Waals surface area contributed by atoms with Crippen molar-refractivity contribution < 1.29 is 4.74 Å². The summed E-state index contributed by atoms with van der Waals surface area (Å²) in [5.41, 5.74) is 6.72. The maximum absolute atomic E-state index is 5.74. The Morgan fingerprint density at radius 1 is 1.67 bits per heavy atom. The van der Waals surface area contributed by atoms with Crippen LogP contribution in [0.3, 0.4) is 0 Å². The molecule has 2 N–H and O–H groups in total. The monoisotopic (exact) mass is 164 g/mol. The molecule has 12 heavy (non-hydrogen) atoms. The van der Waals surface area contributed by atoms with E-state index in [0.29, 0.717) is 6.61 Å². The van der Waals surface area contributed by atoms with E-state index in [1.807, 2.05) is 24.3 Å². The van der Waals surface area contributed by atoms with Gasteiger partial charge >= 0.3 is 0 Å². The maximum Gasteiger partial charge on any atom is 0.131 e. The van der Waals surface area contributed by atoms with E-state index in [4.69, 9.17) is 10.5 Å². The van der Waals surface area contributed by atoms with Crippen molar-refractivity contribution in [3.05, 3.63) is 35.9 Å². The molecule has 0 aliphatic heterocycles. The molecule has 0 fully saturated rings. The summed E-state index contributed by atoms with van der Waals surface area (Å²) in [4.78, 5) is 0. The van der Waals surface area contributed by atoms with Gasteiger partial charge in [-0.25, -0.2) is 0 Å². The number of hydrogen-bond acceptors (Lipinski definition) is 2. The summed E-state index contributed by atoms with van der Waals surface area (Å²) in [6, 6.07) is 10.5. The van der Waals surface area contributed by atoms with Crippen molar-refractivity contribution in [1.82, 2.24) is 0 Å². The van der Waals surface area contributed by atoms with Gasteiger partial charge in [-0.15, -0.1) is 0 Å². The minimum atomic E-state index is -0.303. The zero-order valence-corrected chi connectivity index (χ0v) is 7.29. The second-order valence-corrected chi connectivity index (χ2v) is 2.63. The summed E-state index contributed by atoms with van der Waals surface area (Å²) in [5.74, 6) is 0. The first-order chi connectivity index (χ1) is 5.84. The second-order valence-electron chi connectivity index (χ2n) is 2.63. The topological polar surface area (TPSA) is 35.2 Å². The Balaban J connectivity index is 2.48. The van der Waals surface area contributed by atoms with Crippen molar-refractivity contribution in [1.29, 1.82) is 0 Å². The first kappa shape index (κ1) is 9.23. The van der Waals surface area contributed by atoms with E-state index in [9.17, 15) is 0 Å². The molecular formula is C10H14NO. The molecule has 0 spiro atoms. The lowest BCUT2D eigenvalue weighted by Crippen LogP contribution is -2.14. The van der Waals surface area contributed by atoms with Crippen molar-refractivity contribution in [3.63, 3.8) is 0 Å². The molecule has 65 valence electrons. The van der Waals surface area contributed by atoms with Crippen LogP contribution in [0.15, 0.2) is 24.3 Å². The van der Waals surface area contributed by atoms with Crippen LogP contribution in [0.25, 0.3) is 0 Å². The predicted octanol–water partition coefficient (Wildman–Crippen LogP) is 1.87. The molecule has 0 heterocycles. The summed E-state index contributed by atoms with van der Waals surface area (Å²) < 4.78 is 5.33. The van der Waals surface area contributed by atoms with E-state index in [1.165, 1.54) is 0 Å². The van der Waals surface area contributed by atoms with Gasteiger partial charge in [-0.05, 0) is 24.1 Å². The second kappa shape index (κ2) is 4.91. The molecule has 2 heteroatoms. The molecule has 1 atom stereocenters. The maximum atomic E-state index is 5.74. The van der Waals surface area contributed by atoms with Gasteiger partial charge in [0.15, 0.2) is 0 Å². The molecule has 0 aromatic heterocycles. The van der Waals surface area contributed by atoms with E-state index < -0.39 is 0 Å². The Bertz CT molecular complexity index is 210. The Hall–Kier alpha value is -0.860. The van der Waals surface area contributed by atoms with Crippen molar-refractivity contribution in [3.8, 4) is 0 Å². The minimum Gasteiger partial charge on any atom is -0.359 e. The first-order valence-electron chi connectivity index (χ1n) is 4.17. The van der Waals surface area contributed by atoms with Crippen LogP contribution in [-0.2, 0) is 4.74 Å². The summed E-state index contributed by atoms with van der Waals surface area (Å²) in [5, 5.41) is 0. The van der Waals surface area contributed by atoms with Gasteiger partial charge in [0.05, 0.1) is 0 Å². The van der Waals surface area contributed by atoms with Crippen LogP contribution in [0.1, 0.15) is 25.1 Å². The lowest BCUT2D eigenvalue weighted by molar-refractivity contribution is 0.0577. The van der Waals surface area contributed by atoms with Crippen LogP contribution >= 0.6 is 0 Å². The predicted molar refractivity (Wildman–Crippen MR) is 48.4 cm³/mol. The standard InChI is InChI=1S/C10H14NO/c1-2-8-12-10(11)9-6-4-3-5-7-9/h3-4,6-7,10H,2,8,11H2,1H3. The molecular weight excluding hydrogens is 150 g/mol. The lowest BCUT2D eigenvalue weighted by atomic mass is 10.2. The number of benzene rings is 1. The van der Waals surface area contributed by atoms with Crippen LogP contribution in [0.4, 0.5) is 0 Å². The Kier molecular flexibility index (Phi) is 3.77. The van der Waals surface area contributed by atoms with Gasteiger partial charge in [0.2, 0.25) is 0 Å². The lowest BCUT2D eigenvalue weighted by Gasteiger charge is -2.11. The molecule has 0 aliphatic carbocycles. The quantitative estimate of drug-likeness (QED) is 0.689.